The Morgan fingerprint density at radius 3 is 2.75 bits per heavy atom. The highest BCUT2D eigenvalue weighted by molar-refractivity contribution is 6.29. The molecule has 1 unspecified atom stereocenters. The van der Waals surface area contributed by atoms with Gasteiger partial charge in [0, 0.05) is 12.6 Å². The molecule has 1 aromatic heterocycles. The van der Waals surface area contributed by atoms with Crippen molar-refractivity contribution in [2.45, 2.75) is 32.8 Å². The van der Waals surface area contributed by atoms with Crippen LogP contribution in [-0.2, 0) is 0 Å². The van der Waals surface area contributed by atoms with Crippen LogP contribution in [0, 0.1) is 5.92 Å². The maximum Gasteiger partial charge on any atom is 0.134 e. The summed E-state index contributed by atoms with van der Waals surface area (Å²) in [5.74, 6) is 1.08. The minimum absolute atomic E-state index is 0.390. The molecule has 0 aromatic carbocycles. The van der Waals surface area contributed by atoms with E-state index in [1.165, 1.54) is 6.33 Å². The second-order valence-corrected chi connectivity index (χ2v) is 5.06. The zero-order valence-electron chi connectivity index (χ0n) is 9.87. The van der Waals surface area contributed by atoms with Gasteiger partial charge in [0.15, 0.2) is 0 Å². The highest BCUT2D eigenvalue weighted by Crippen LogP contribution is 2.17. The van der Waals surface area contributed by atoms with Gasteiger partial charge in [-0.1, -0.05) is 25.4 Å². The van der Waals surface area contributed by atoms with Gasteiger partial charge < -0.3 is 10.4 Å². The van der Waals surface area contributed by atoms with Crippen LogP contribution in [0.5, 0.6) is 0 Å². The van der Waals surface area contributed by atoms with Gasteiger partial charge in [-0.3, -0.25) is 0 Å². The predicted molar refractivity (Wildman–Crippen MR) is 65.6 cm³/mol. The second-order valence-electron chi connectivity index (χ2n) is 4.67. The Morgan fingerprint density at radius 2 is 2.19 bits per heavy atom. The first-order valence-electron chi connectivity index (χ1n) is 5.33. The SMILES string of the molecule is CC(C)CC(C)(O)CNc1cc(Cl)ncn1. The molecule has 1 heterocycles. The van der Waals surface area contributed by atoms with Crippen LogP contribution >= 0.6 is 11.6 Å². The standard InChI is InChI=1S/C11H18ClN3O/c1-8(2)5-11(3,16)6-13-10-4-9(12)14-7-15-10/h4,7-8,16H,5-6H2,1-3H3,(H,13,14,15). The first kappa shape index (κ1) is 13.2. The first-order chi connectivity index (χ1) is 7.39. The normalized spacial score (nSPS) is 14.9. The van der Waals surface area contributed by atoms with E-state index in [2.05, 4.69) is 29.1 Å². The van der Waals surface area contributed by atoms with Crippen molar-refractivity contribution in [3.63, 3.8) is 0 Å². The molecule has 0 spiro atoms. The van der Waals surface area contributed by atoms with Crippen LogP contribution in [0.2, 0.25) is 5.15 Å². The summed E-state index contributed by atoms with van der Waals surface area (Å²) in [6, 6.07) is 1.63. The van der Waals surface area contributed by atoms with Gasteiger partial charge in [-0.15, -0.1) is 0 Å². The Morgan fingerprint density at radius 1 is 1.50 bits per heavy atom. The molecule has 0 amide bonds. The average molecular weight is 244 g/mol. The van der Waals surface area contributed by atoms with Gasteiger partial charge in [-0.25, -0.2) is 9.97 Å². The van der Waals surface area contributed by atoms with Gasteiger partial charge in [0.25, 0.3) is 0 Å². The van der Waals surface area contributed by atoms with Crippen LogP contribution in [0.1, 0.15) is 27.2 Å². The molecule has 0 aliphatic carbocycles. The van der Waals surface area contributed by atoms with E-state index >= 15 is 0 Å². The molecule has 1 aromatic rings. The van der Waals surface area contributed by atoms with Crippen LogP contribution in [0.3, 0.4) is 0 Å². The number of hydrogen-bond donors (Lipinski definition) is 2. The van der Waals surface area contributed by atoms with Crippen LogP contribution in [0.15, 0.2) is 12.4 Å². The van der Waals surface area contributed by atoms with Gasteiger partial charge >= 0.3 is 0 Å². The van der Waals surface area contributed by atoms with Crippen molar-refractivity contribution in [2.75, 3.05) is 11.9 Å². The quantitative estimate of drug-likeness (QED) is 0.780. The summed E-state index contributed by atoms with van der Waals surface area (Å²) in [6.07, 6.45) is 2.13. The highest BCUT2D eigenvalue weighted by Gasteiger charge is 2.21. The Kier molecular flexibility index (Phi) is 4.50. The van der Waals surface area contributed by atoms with E-state index in [0.29, 0.717) is 23.4 Å². The van der Waals surface area contributed by atoms with Crippen molar-refractivity contribution >= 4 is 17.4 Å². The minimum atomic E-state index is -0.744. The average Bonchev–Trinajstić information content (AvgIpc) is 2.13. The molecule has 0 fully saturated rings. The van der Waals surface area contributed by atoms with Gasteiger partial charge in [0.05, 0.1) is 5.60 Å². The van der Waals surface area contributed by atoms with E-state index in [9.17, 15) is 5.11 Å². The fourth-order valence-corrected chi connectivity index (χ4v) is 1.81. The van der Waals surface area contributed by atoms with E-state index < -0.39 is 5.60 Å². The number of halogens is 1. The highest BCUT2D eigenvalue weighted by atomic mass is 35.5. The third-order valence-corrected chi connectivity index (χ3v) is 2.34. The minimum Gasteiger partial charge on any atom is -0.388 e. The zero-order chi connectivity index (χ0) is 12.2. The Labute approximate surface area is 101 Å². The summed E-state index contributed by atoms with van der Waals surface area (Å²) in [4.78, 5) is 7.79. The van der Waals surface area contributed by atoms with Gasteiger partial charge in [-0.05, 0) is 19.3 Å². The predicted octanol–water partition coefficient (Wildman–Crippen LogP) is 2.34. The van der Waals surface area contributed by atoms with E-state index in [1.807, 2.05) is 6.92 Å². The summed E-state index contributed by atoms with van der Waals surface area (Å²) < 4.78 is 0. The Bertz CT molecular complexity index is 342. The van der Waals surface area contributed by atoms with Crippen molar-refractivity contribution in [1.29, 1.82) is 0 Å². The molecule has 5 heteroatoms. The fourth-order valence-electron chi connectivity index (χ4n) is 1.66. The van der Waals surface area contributed by atoms with Crippen molar-refractivity contribution < 1.29 is 5.11 Å². The molecule has 16 heavy (non-hydrogen) atoms. The molecule has 90 valence electrons. The number of rotatable bonds is 5. The monoisotopic (exact) mass is 243 g/mol. The second kappa shape index (κ2) is 5.46. The Balaban J connectivity index is 2.50. The van der Waals surface area contributed by atoms with Gasteiger partial charge in [0.2, 0.25) is 0 Å². The molecule has 1 atom stereocenters. The summed E-state index contributed by atoms with van der Waals surface area (Å²) >= 11 is 5.73. The molecule has 0 saturated heterocycles. The molecule has 0 bridgehead atoms. The topological polar surface area (TPSA) is 58.0 Å². The van der Waals surface area contributed by atoms with Crippen molar-refractivity contribution in [1.82, 2.24) is 9.97 Å². The Hall–Kier alpha value is -0.870. The van der Waals surface area contributed by atoms with Crippen molar-refractivity contribution in [3.8, 4) is 0 Å². The number of nitrogens with one attached hydrogen (secondary N) is 1. The lowest BCUT2D eigenvalue weighted by molar-refractivity contribution is 0.0515. The van der Waals surface area contributed by atoms with Gasteiger partial charge in [-0.2, -0.15) is 0 Å². The van der Waals surface area contributed by atoms with E-state index in [-0.39, 0.29) is 0 Å². The molecule has 0 radical (unpaired) electrons. The maximum absolute atomic E-state index is 10.1. The third kappa shape index (κ3) is 4.77. The van der Waals surface area contributed by atoms with Crippen molar-refractivity contribution in [2.24, 2.45) is 5.92 Å². The van der Waals surface area contributed by atoms with Crippen molar-refractivity contribution in [3.05, 3.63) is 17.5 Å². The lowest BCUT2D eigenvalue weighted by atomic mass is 9.94. The third-order valence-electron chi connectivity index (χ3n) is 2.13. The summed E-state index contributed by atoms with van der Waals surface area (Å²) in [6.45, 7) is 6.41. The number of aliphatic hydroxyl groups is 1. The van der Waals surface area contributed by atoms with Crippen LogP contribution < -0.4 is 5.32 Å². The number of hydrogen-bond acceptors (Lipinski definition) is 4. The summed E-state index contributed by atoms with van der Waals surface area (Å²) in [5, 5.41) is 13.5. The lowest BCUT2D eigenvalue weighted by Gasteiger charge is -2.25. The van der Waals surface area contributed by atoms with Crippen LogP contribution in [-0.4, -0.2) is 27.2 Å². The van der Waals surface area contributed by atoms with Gasteiger partial charge in [0.1, 0.15) is 17.3 Å². The summed E-state index contributed by atoms with van der Waals surface area (Å²) in [5.41, 5.74) is -0.744. The molecule has 0 aliphatic heterocycles. The lowest BCUT2D eigenvalue weighted by Crippen LogP contribution is -2.35. The number of anilines is 1. The van der Waals surface area contributed by atoms with E-state index in [4.69, 9.17) is 11.6 Å². The van der Waals surface area contributed by atoms with E-state index in [0.717, 1.165) is 6.42 Å². The first-order valence-corrected chi connectivity index (χ1v) is 5.71. The number of aromatic nitrogens is 2. The smallest absolute Gasteiger partial charge is 0.134 e. The zero-order valence-corrected chi connectivity index (χ0v) is 10.6. The van der Waals surface area contributed by atoms with Crippen LogP contribution in [0.4, 0.5) is 5.82 Å². The molecule has 4 nitrogen and oxygen atoms in total. The molecule has 2 N–H and O–H groups in total. The molecule has 0 aliphatic rings. The summed E-state index contributed by atoms with van der Waals surface area (Å²) in [7, 11) is 0. The number of nitrogens with zero attached hydrogens (tertiary/aromatic N) is 2. The molecular formula is C11H18ClN3O. The molecule has 1 rings (SSSR count). The maximum atomic E-state index is 10.1. The largest absolute Gasteiger partial charge is 0.388 e. The van der Waals surface area contributed by atoms with E-state index in [1.54, 1.807) is 6.07 Å². The van der Waals surface area contributed by atoms with Crippen LogP contribution in [0.25, 0.3) is 0 Å². The molecular weight excluding hydrogens is 226 g/mol. The molecule has 0 saturated carbocycles. The fraction of sp³-hybridized carbons (Fsp3) is 0.636.